The van der Waals surface area contributed by atoms with Crippen LogP contribution in [0.15, 0.2) is 97.1 Å². The van der Waals surface area contributed by atoms with Gasteiger partial charge in [0.25, 0.3) is 0 Å². The summed E-state index contributed by atoms with van der Waals surface area (Å²) in [5, 5.41) is 2.90. The standard InChI is InChI=1S/C37H34N2/c1(10-24-38-34-18-8-6-16-30(34)32-22-20-26-12-2-4-14-28(26)36(32)38)11-25-39-35-19-9-7-17-31(35)33-23-21-27-13-3-5-15-29(27)37(33)39/h2-9,12-19H,1,10-11,20-25H2. The largest absolute Gasteiger partial charge is 0.340 e. The van der Waals surface area contributed by atoms with Gasteiger partial charge in [-0.1, -0.05) is 84.9 Å². The fraction of sp³-hybridized carbons (Fsp3) is 0.243. The van der Waals surface area contributed by atoms with Crippen molar-refractivity contribution in [1.29, 1.82) is 0 Å². The number of hydrogen-bond donors (Lipinski definition) is 0. The highest BCUT2D eigenvalue weighted by Gasteiger charge is 2.25. The lowest BCUT2D eigenvalue weighted by molar-refractivity contribution is 0.560. The first-order valence-corrected chi connectivity index (χ1v) is 14.8. The molecule has 0 atom stereocenters. The predicted molar refractivity (Wildman–Crippen MR) is 163 cm³/mol. The van der Waals surface area contributed by atoms with Gasteiger partial charge in [-0.05, 0) is 79.3 Å². The Labute approximate surface area is 230 Å². The average Bonchev–Trinajstić information content (AvgIpc) is 3.50. The molecule has 0 N–H and O–H groups in total. The van der Waals surface area contributed by atoms with Crippen LogP contribution in [0.2, 0.25) is 0 Å². The third-order valence-corrected chi connectivity index (χ3v) is 9.25. The summed E-state index contributed by atoms with van der Waals surface area (Å²) in [7, 11) is 0. The smallest absolute Gasteiger partial charge is 0.0526 e. The summed E-state index contributed by atoms with van der Waals surface area (Å²) in [5.74, 6) is 0. The summed E-state index contributed by atoms with van der Waals surface area (Å²) in [6.07, 6.45) is 8.22. The molecule has 2 aromatic heterocycles. The Kier molecular flexibility index (Phi) is 5.46. The second-order valence-electron chi connectivity index (χ2n) is 11.4. The van der Waals surface area contributed by atoms with Crippen molar-refractivity contribution in [1.82, 2.24) is 9.13 Å². The number of fused-ring (bicyclic) bond motifs is 10. The normalized spacial score (nSPS) is 13.7. The highest BCUT2D eigenvalue weighted by molar-refractivity contribution is 5.94. The van der Waals surface area contributed by atoms with Gasteiger partial charge < -0.3 is 9.13 Å². The molecule has 0 amide bonds. The van der Waals surface area contributed by atoms with Crippen LogP contribution < -0.4 is 0 Å². The van der Waals surface area contributed by atoms with Crippen LogP contribution in [0.1, 0.15) is 41.5 Å². The van der Waals surface area contributed by atoms with E-state index in [-0.39, 0.29) is 0 Å². The molecule has 0 radical (unpaired) electrons. The van der Waals surface area contributed by atoms with Gasteiger partial charge in [-0.2, -0.15) is 0 Å². The minimum Gasteiger partial charge on any atom is -0.340 e. The lowest BCUT2D eigenvalue weighted by Gasteiger charge is -2.21. The SMILES string of the molecule is c1ccc2c(c1)CCc1c-2n(CCCCCn2c3c(c4ccccc42)CCc2ccccc2-3)c2ccccc12. The number of para-hydroxylation sites is 2. The van der Waals surface area contributed by atoms with Crippen molar-refractivity contribution in [3.63, 3.8) is 0 Å². The van der Waals surface area contributed by atoms with Crippen LogP contribution in [0, 0.1) is 0 Å². The fourth-order valence-electron chi connectivity index (χ4n) is 7.51. The van der Waals surface area contributed by atoms with Crippen LogP contribution in [0.5, 0.6) is 0 Å². The number of benzene rings is 4. The molecule has 8 rings (SSSR count). The van der Waals surface area contributed by atoms with E-state index in [1.165, 1.54) is 74.7 Å². The van der Waals surface area contributed by atoms with E-state index >= 15 is 0 Å². The molecule has 2 nitrogen and oxygen atoms in total. The summed E-state index contributed by atoms with van der Waals surface area (Å²) in [4.78, 5) is 0. The number of aryl methyl sites for hydroxylation is 6. The Bertz CT molecular complexity index is 1710. The Balaban J connectivity index is 1.07. The second-order valence-corrected chi connectivity index (χ2v) is 11.4. The van der Waals surface area contributed by atoms with Gasteiger partial charge in [0, 0.05) is 46.0 Å². The molecule has 0 saturated carbocycles. The summed E-state index contributed by atoms with van der Waals surface area (Å²) < 4.78 is 5.26. The number of nitrogens with zero attached hydrogens (tertiary/aromatic N) is 2. The van der Waals surface area contributed by atoms with E-state index in [2.05, 4.69) is 106 Å². The fourth-order valence-corrected chi connectivity index (χ4v) is 7.51. The van der Waals surface area contributed by atoms with E-state index < -0.39 is 0 Å². The lowest BCUT2D eigenvalue weighted by Crippen LogP contribution is -2.09. The van der Waals surface area contributed by atoms with Crippen LogP contribution in [-0.4, -0.2) is 9.13 Å². The van der Waals surface area contributed by atoms with Crippen molar-refractivity contribution < 1.29 is 0 Å². The number of rotatable bonds is 6. The summed E-state index contributed by atoms with van der Waals surface area (Å²) in [6.45, 7) is 2.16. The van der Waals surface area contributed by atoms with E-state index in [4.69, 9.17) is 0 Å². The topological polar surface area (TPSA) is 9.86 Å². The van der Waals surface area contributed by atoms with Gasteiger partial charge in [0.1, 0.15) is 0 Å². The molecule has 0 unspecified atom stereocenters. The molecule has 2 heterocycles. The zero-order valence-corrected chi connectivity index (χ0v) is 22.5. The Morgan fingerprint density at radius 3 is 1.38 bits per heavy atom. The molecule has 2 aliphatic rings. The number of unbranched alkanes of at least 4 members (excludes halogenated alkanes) is 2. The first-order chi connectivity index (χ1) is 19.4. The van der Waals surface area contributed by atoms with Gasteiger partial charge >= 0.3 is 0 Å². The van der Waals surface area contributed by atoms with Crippen LogP contribution in [0.25, 0.3) is 44.3 Å². The molecule has 6 aromatic rings. The highest BCUT2D eigenvalue weighted by atomic mass is 15.0. The second kappa shape index (κ2) is 9.31. The quantitative estimate of drug-likeness (QED) is 0.200. The van der Waals surface area contributed by atoms with Crippen molar-refractivity contribution in [2.45, 2.75) is 58.0 Å². The van der Waals surface area contributed by atoms with Gasteiger partial charge in [0.15, 0.2) is 0 Å². The minimum absolute atomic E-state index is 1.08. The summed E-state index contributed by atoms with van der Waals surface area (Å²) in [6, 6.07) is 36.2. The van der Waals surface area contributed by atoms with Crippen molar-refractivity contribution in [2.24, 2.45) is 0 Å². The van der Waals surface area contributed by atoms with Gasteiger partial charge in [0.2, 0.25) is 0 Å². The molecule has 192 valence electrons. The third-order valence-electron chi connectivity index (χ3n) is 9.25. The first-order valence-electron chi connectivity index (χ1n) is 14.8. The van der Waals surface area contributed by atoms with Crippen LogP contribution in [-0.2, 0) is 38.8 Å². The number of aromatic nitrogens is 2. The maximum atomic E-state index is 2.63. The molecule has 0 bridgehead atoms. The van der Waals surface area contributed by atoms with Gasteiger partial charge in [-0.15, -0.1) is 0 Å². The van der Waals surface area contributed by atoms with E-state index in [0.717, 1.165) is 38.8 Å². The van der Waals surface area contributed by atoms with E-state index in [0.29, 0.717) is 0 Å². The van der Waals surface area contributed by atoms with E-state index in [9.17, 15) is 0 Å². The zero-order chi connectivity index (χ0) is 25.8. The molecular formula is C37H34N2. The van der Waals surface area contributed by atoms with Crippen molar-refractivity contribution in [2.75, 3.05) is 0 Å². The molecule has 39 heavy (non-hydrogen) atoms. The predicted octanol–water partition coefficient (Wildman–Crippen LogP) is 9.00. The van der Waals surface area contributed by atoms with E-state index in [1.807, 2.05) is 0 Å². The Hall–Kier alpha value is -4.04. The average molecular weight is 507 g/mol. The van der Waals surface area contributed by atoms with Gasteiger partial charge in [-0.3, -0.25) is 0 Å². The maximum Gasteiger partial charge on any atom is 0.0526 e. The molecule has 0 spiro atoms. The van der Waals surface area contributed by atoms with Crippen LogP contribution in [0.3, 0.4) is 0 Å². The Morgan fingerprint density at radius 1 is 0.436 bits per heavy atom. The van der Waals surface area contributed by atoms with Gasteiger partial charge in [-0.25, -0.2) is 0 Å². The molecule has 0 fully saturated rings. The summed E-state index contributed by atoms with van der Waals surface area (Å²) in [5.41, 5.74) is 14.7. The molecule has 4 aromatic carbocycles. The molecule has 0 aliphatic heterocycles. The minimum atomic E-state index is 1.08. The molecular weight excluding hydrogens is 472 g/mol. The van der Waals surface area contributed by atoms with Crippen LogP contribution >= 0.6 is 0 Å². The lowest BCUT2D eigenvalue weighted by atomic mass is 9.89. The molecule has 0 saturated heterocycles. The van der Waals surface area contributed by atoms with Crippen LogP contribution in [0.4, 0.5) is 0 Å². The van der Waals surface area contributed by atoms with E-state index in [1.54, 1.807) is 11.1 Å². The van der Waals surface area contributed by atoms with Crippen molar-refractivity contribution in [3.05, 3.63) is 119 Å². The number of hydrogen-bond acceptors (Lipinski definition) is 0. The first kappa shape index (κ1) is 22.9. The maximum absolute atomic E-state index is 2.63. The Morgan fingerprint density at radius 2 is 0.872 bits per heavy atom. The zero-order valence-electron chi connectivity index (χ0n) is 22.5. The summed E-state index contributed by atoms with van der Waals surface area (Å²) >= 11 is 0. The van der Waals surface area contributed by atoms with Crippen molar-refractivity contribution in [3.8, 4) is 22.5 Å². The van der Waals surface area contributed by atoms with Gasteiger partial charge in [0.05, 0.1) is 11.4 Å². The molecule has 2 aliphatic carbocycles. The third kappa shape index (κ3) is 3.61. The monoisotopic (exact) mass is 506 g/mol. The highest BCUT2D eigenvalue weighted by Crippen LogP contribution is 2.41. The molecule has 2 heteroatoms. The van der Waals surface area contributed by atoms with Crippen molar-refractivity contribution >= 4 is 21.8 Å².